The van der Waals surface area contributed by atoms with Crippen molar-refractivity contribution in [2.24, 2.45) is 0 Å². The van der Waals surface area contributed by atoms with Gasteiger partial charge in [0.2, 0.25) is 5.95 Å². The maximum absolute atomic E-state index is 13.8. The molecule has 10 heteroatoms. The molecule has 1 amide bonds. The summed E-state index contributed by atoms with van der Waals surface area (Å²) in [6.45, 7) is -0.394. The van der Waals surface area contributed by atoms with Gasteiger partial charge in [-0.1, -0.05) is 18.2 Å². The molecule has 4 aromatic rings. The SMILES string of the molecule is O=C(COc1ccccc1F)Nc1cc(-c2cccs2)nn1-c1nc2c(c(=O)[nH]1)CCCC2. The highest BCUT2D eigenvalue weighted by atomic mass is 32.1. The van der Waals surface area contributed by atoms with E-state index in [1.165, 1.54) is 28.2 Å². The summed E-state index contributed by atoms with van der Waals surface area (Å²) in [4.78, 5) is 33.5. The van der Waals surface area contributed by atoms with Crippen LogP contribution in [-0.2, 0) is 17.6 Å². The smallest absolute Gasteiger partial charge is 0.263 e. The van der Waals surface area contributed by atoms with Crippen molar-refractivity contribution >= 4 is 23.1 Å². The second kappa shape index (κ2) is 8.99. The molecule has 3 heterocycles. The number of rotatable bonds is 6. The third kappa shape index (κ3) is 4.42. The molecule has 3 aromatic heterocycles. The molecule has 0 unspecified atom stereocenters. The van der Waals surface area contributed by atoms with Gasteiger partial charge in [-0.05, 0) is 49.3 Å². The van der Waals surface area contributed by atoms with Crippen LogP contribution in [0.15, 0.2) is 52.6 Å². The van der Waals surface area contributed by atoms with E-state index in [4.69, 9.17) is 4.74 Å². The molecule has 5 rings (SSSR count). The predicted octanol–water partition coefficient (Wildman–Crippen LogP) is 3.72. The zero-order valence-corrected chi connectivity index (χ0v) is 18.3. The second-order valence-electron chi connectivity index (χ2n) is 7.59. The van der Waals surface area contributed by atoms with E-state index < -0.39 is 18.3 Å². The Morgan fingerprint density at radius 1 is 1.21 bits per heavy atom. The van der Waals surface area contributed by atoms with Gasteiger partial charge >= 0.3 is 0 Å². The van der Waals surface area contributed by atoms with Crippen LogP contribution in [0.4, 0.5) is 10.2 Å². The molecule has 1 aliphatic carbocycles. The van der Waals surface area contributed by atoms with Gasteiger partial charge in [0.05, 0.1) is 10.6 Å². The minimum absolute atomic E-state index is 0.0129. The monoisotopic (exact) mass is 465 g/mol. The number of anilines is 1. The summed E-state index contributed by atoms with van der Waals surface area (Å²) < 4.78 is 20.5. The van der Waals surface area contributed by atoms with Gasteiger partial charge < -0.3 is 10.1 Å². The normalized spacial score (nSPS) is 12.9. The number of hydrogen-bond acceptors (Lipinski definition) is 6. The molecule has 0 aliphatic heterocycles. The largest absolute Gasteiger partial charge is 0.481 e. The molecule has 0 bridgehead atoms. The maximum atomic E-state index is 13.8. The van der Waals surface area contributed by atoms with E-state index >= 15 is 0 Å². The molecule has 0 saturated carbocycles. The Kier molecular flexibility index (Phi) is 5.74. The molecule has 8 nitrogen and oxygen atoms in total. The van der Waals surface area contributed by atoms with Gasteiger partial charge in [-0.25, -0.2) is 9.37 Å². The molecule has 168 valence electrons. The number of aromatic nitrogens is 4. The van der Waals surface area contributed by atoms with Gasteiger partial charge in [0.1, 0.15) is 11.5 Å². The fourth-order valence-electron chi connectivity index (χ4n) is 3.75. The van der Waals surface area contributed by atoms with Gasteiger partial charge in [0.15, 0.2) is 18.2 Å². The number of benzene rings is 1. The van der Waals surface area contributed by atoms with E-state index in [9.17, 15) is 14.0 Å². The van der Waals surface area contributed by atoms with Crippen molar-refractivity contribution in [1.82, 2.24) is 19.7 Å². The highest BCUT2D eigenvalue weighted by molar-refractivity contribution is 7.13. The zero-order chi connectivity index (χ0) is 22.8. The van der Waals surface area contributed by atoms with Gasteiger partial charge in [-0.15, -0.1) is 11.3 Å². The summed E-state index contributed by atoms with van der Waals surface area (Å²) in [6, 6.07) is 11.4. The second-order valence-corrected chi connectivity index (χ2v) is 8.54. The molecular formula is C23H20FN5O3S. The first-order valence-electron chi connectivity index (χ1n) is 10.5. The topological polar surface area (TPSA) is 102 Å². The maximum Gasteiger partial charge on any atom is 0.263 e. The van der Waals surface area contributed by atoms with Crippen molar-refractivity contribution in [3.63, 3.8) is 0 Å². The average molecular weight is 466 g/mol. The first-order valence-corrected chi connectivity index (χ1v) is 11.4. The van der Waals surface area contributed by atoms with E-state index in [1.54, 1.807) is 18.2 Å². The van der Waals surface area contributed by atoms with Crippen LogP contribution in [0.2, 0.25) is 0 Å². The van der Waals surface area contributed by atoms with Crippen LogP contribution in [-0.4, -0.2) is 32.3 Å². The highest BCUT2D eigenvalue weighted by Crippen LogP contribution is 2.28. The molecule has 1 aromatic carbocycles. The van der Waals surface area contributed by atoms with Crippen molar-refractivity contribution in [3.05, 3.63) is 75.3 Å². The quantitative estimate of drug-likeness (QED) is 0.452. The van der Waals surface area contributed by atoms with E-state index in [2.05, 4.69) is 20.4 Å². The number of hydrogen-bond donors (Lipinski definition) is 2. The van der Waals surface area contributed by atoms with Crippen LogP contribution in [0.5, 0.6) is 5.75 Å². The summed E-state index contributed by atoms with van der Waals surface area (Å²) in [5.74, 6) is -0.516. The number of amides is 1. The molecule has 1 aliphatic rings. The summed E-state index contributed by atoms with van der Waals surface area (Å²) in [5, 5.41) is 9.24. The van der Waals surface area contributed by atoms with Crippen molar-refractivity contribution in [3.8, 4) is 22.3 Å². The molecule has 33 heavy (non-hydrogen) atoms. The Morgan fingerprint density at radius 3 is 2.88 bits per heavy atom. The van der Waals surface area contributed by atoms with Crippen LogP contribution in [0, 0.1) is 5.82 Å². The molecular weight excluding hydrogens is 445 g/mol. The molecule has 0 spiro atoms. The summed E-state index contributed by atoms with van der Waals surface area (Å²) in [5.41, 5.74) is 1.89. The molecule has 2 N–H and O–H groups in total. The Morgan fingerprint density at radius 2 is 2.06 bits per heavy atom. The van der Waals surface area contributed by atoms with Crippen molar-refractivity contribution in [2.45, 2.75) is 25.7 Å². The van der Waals surface area contributed by atoms with E-state index in [0.29, 0.717) is 23.5 Å². The summed E-state index contributed by atoms with van der Waals surface area (Å²) >= 11 is 1.50. The highest BCUT2D eigenvalue weighted by Gasteiger charge is 2.20. The summed E-state index contributed by atoms with van der Waals surface area (Å²) in [7, 11) is 0. The number of nitrogens with one attached hydrogen (secondary N) is 2. The lowest BCUT2D eigenvalue weighted by Gasteiger charge is -2.15. The lowest BCUT2D eigenvalue weighted by Crippen LogP contribution is -2.26. The lowest BCUT2D eigenvalue weighted by molar-refractivity contribution is -0.118. The summed E-state index contributed by atoms with van der Waals surface area (Å²) in [6.07, 6.45) is 3.36. The van der Waals surface area contributed by atoms with Gasteiger partial charge in [0.25, 0.3) is 11.5 Å². The number of aromatic amines is 1. The van der Waals surface area contributed by atoms with Gasteiger partial charge in [-0.3, -0.25) is 14.6 Å². The van der Waals surface area contributed by atoms with Crippen LogP contribution in [0.3, 0.4) is 0 Å². The van der Waals surface area contributed by atoms with Gasteiger partial charge in [-0.2, -0.15) is 9.78 Å². The van der Waals surface area contributed by atoms with E-state index in [-0.39, 0.29) is 17.3 Å². The van der Waals surface area contributed by atoms with Crippen LogP contribution in [0.1, 0.15) is 24.1 Å². The standard InChI is InChI=1S/C23H20FN5O3S/c24-15-7-2-4-9-18(15)32-13-21(30)26-20-12-17(19-10-5-11-33-19)28-29(20)23-25-16-8-3-1-6-14(16)22(31)27-23/h2,4-5,7,9-12H,1,3,6,8,13H2,(H,26,30)(H,25,27,31). The van der Waals surface area contributed by atoms with Crippen molar-refractivity contribution < 1.29 is 13.9 Å². The van der Waals surface area contributed by atoms with Crippen LogP contribution in [0.25, 0.3) is 16.5 Å². The van der Waals surface area contributed by atoms with E-state index in [1.807, 2.05) is 17.5 Å². The number of carbonyl (C=O) groups is 1. The number of para-hydroxylation sites is 1. The molecule has 0 fully saturated rings. The first-order chi connectivity index (χ1) is 16.1. The van der Waals surface area contributed by atoms with Crippen LogP contribution >= 0.6 is 11.3 Å². The minimum atomic E-state index is -0.550. The number of carbonyl (C=O) groups excluding carboxylic acids is 1. The first kappa shape index (κ1) is 21.1. The number of nitrogens with zero attached hydrogens (tertiary/aromatic N) is 3. The Bertz CT molecular complexity index is 1360. The number of fused-ring (bicyclic) bond motifs is 1. The Labute approximate surface area is 192 Å². The zero-order valence-electron chi connectivity index (χ0n) is 17.5. The number of aryl methyl sites for hydroxylation is 1. The molecule has 0 atom stereocenters. The Hall–Kier alpha value is -3.79. The third-order valence-corrected chi connectivity index (χ3v) is 6.22. The van der Waals surface area contributed by atoms with Crippen molar-refractivity contribution in [1.29, 1.82) is 0 Å². The number of halogens is 1. The van der Waals surface area contributed by atoms with Crippen LogP contribution < -0.4 is 15.6 Å². The number of thiophene rings is 1. The fraction of sp³-hybridized carbons (Fsp3) is 0.217. The molecule has 0 saturated heterocycles. The number of H-pyrrole nitrogens is 1. The molecule has 0 radical (unpaired) electrons. The average Bonchev–Trinajstić information content (AvgIpc) is 3.49. The van der Waals surface area contributed by atoms with Gasteiger partial charge in [0, 0.05) is 11.6 Å². The Balaban J connectivity index is 1.45. The van der Waals surface area contributed by atoms with Crippen molar-refractivity contribution in [2.75, 3.05) is 11.9 Å². The van der Waals surface area contributed by atoms with E-state index in [0.717, 1.165) is 29.8 Å². The third-order valence-electron chi connectivity index (χ3n) is 5.33. The number of ether oxygens (including phenoxy) is 1. The lowest BCUT2D eigenvalue weighted by atomic mass is 9.97. The predicted molar refractivity (Wildman–Crippen MR) is 122 cm³/mol. The minimum Gasteiger partial charge on any atom is -0.481 e. The fourth-order valence-corrected chi connectivity index (χ4v) is 4.43.